The highest BCUT2D eigenvalue weighted by Crippen LogP contribution is 2.35. The third kappa shape index (κ3) is 14.2. The number of amides is 4. The molecule has 5 rings (SSSR count). The maximum Gasteiger partial charge on any atom is 0.337 e. The Hall–Kier alpha value is -8.15. The second-order valence-corrected chi connectivity index (χ2v) is 16.9. The van der Waals surface area contributed by atoms with Crippen LogP contribution < -0.4 is 45.0 Å². The molecule has 0 bridgehead atoms. The van der Waals surface area contributed by atoms with Gasteiger partial charge in [0.25, 0.3) is 23.6 Å². The summed E-state index contributed by atoms with van der Waals surface area (Å²) < 4.78 is 34.4. The molecular weight excluding hydrogens is 891 g/mol. The van der Waals surface area contributed by atoms with Crippen LogP contribution in [0.25, 0.3) is 0 Å². The van der Waals surface area contributed by atoms with Crippen molar-refractivity contribution in [2.75, 3.05) is 28.4 Å². The summed E-state index contributed by atoms with van der Waals surface area (Å²) in [6.07, 6.45) is -1.71. The van der Waals surface area contributed by atoms with Crippen LogP contribution in [0.1, 0.15) is 121 Å². The Morgan fingerprint density at radius 3 is 0.928 bits per heavy atom. The Kier molecular flexibility index (Phi) is 17.3. The van der Waals surface area contributed by atoms with Gasteiger partial charge in [-0.3, -0.25) is 29.3 Å². The Morgan fingerprint density at radius 2 is 0.652 bits per heavy atom. The molecule has 0 spiro atoms. The van der Waals surface area contributed by atoms with E-state index in [1.54, 1.807) is 67.5 Å². The van der Waals surface area contributed by atoms with Crippen molar-refractivity contribution in [2.45, 2.75) is 99.8 Å². The van der Waals surface area contributed by atoms with Crippen molar-refractivity contribution in [2.24, 2.45) is 0 Å². The molecule has 0 saturated carbocycles. The summed E-state index contributed by atoms with van der Waals surface area (Å²) in [6, 6.07) is 21.9. The lowest BCUT2D eigenvalue weighted by atomic mass is 10.1. The molecule has 18 heteroatoms. The van der Waals surface area contributed by atoms with Gasteiger partial charge in [-0.1, -0.05) is 0 Å². The van der Waals surface area contributed by atoms with Crippen molar-refractivity contribution in [1.29, 1.82) is 0 Å². The lowest BCUT2D eigenvalue weighted by Gasteiger charge is -2.19. The summed E-state index contributed by atoms with van der Waals surface area (Å²) in [7, 11) is 1.27. The number of esters is 1. The highest BCUT2D eigenvalue weighted by atomic mass is 16.6. The van der Waals surface area contributed by atoms with Crippen LogP contribution in [0.5, 0.6) is 28.7 Å². The van der Waals surface area contributed by atoms with E-state index in [0.717, 1.165) is 0 Å². The lowest BCUT2D eigenvalue weighted by molar-refractivity contribution is -0.386. The SMILES string of the molecule is COC(=O)c1ccc(NC(=O)c2ccc(NC(=O)c3ccc(NC(=O)c4ccc(NC(=O)c5ccc([N+](=O)[O-])c(OC(C)C)c5)c(OC(C)C)c4)c(OC(C)C)c3)c(OC(C)C)c2)c(OC(C)C)c1. The molecule has 4 amide bonds. The monoisotopic (exact) mass is 947 g/mol. The van der Waals surface area contributed by atoms with E-state index in [2.05, 4.69) is 21.3 Å². The van der Waals surface area contributed by atoms with Crippen LogP contribution in [0.4, 0.5) is 28.4 Å². The largest absolute Gasteiger partial charge is 0.489 e. The number of ether oxygens (including phenoxy) is 6. The van der Waals surface area contributed by atoms with Crippen LogP contribution in [-0.4, -0.2) is 72.2 Å². The Balaban J connectivity index is 1.36. The molecule has 0 fully saturated rings. The Labute approximate surface area is 400 Å². The third-order valence-corrected chi connectivity index (χ3v) is 9.36. The van der Waals surface area contributed by atoms with Crippen molar-refractivity contribution in [1.82, 2.24) is 0 Å². The number of anilines is 4. The zero-order chi connectivity index (χ0) is 50.7. The van der Waals surface area contributed by atoms with Crippen LogP contribution in [0.2, 0.25) is 0 Å². The highest BCUT2D eigenvalue weighted by Gasteiger charge is 2.23. The zero-order valence-corrected chi connectivity index (χ0v) is 40.3. The van der Waals surface area contributed by atoms with E-state index in [9.17, 15) is 34.1 Å². The Morgan fingerprint density at radius 1 is 0.406 bits per heavy atom. The van der Waals surface area contributed by atoms with Crippen LogP contribution >= 0.6 is 0 Å². The predicted molar refractivity (Wildman–Crippen MR) is 261 cm³/mol. The van der Waals surface area contributed by atoms with Gasteiger partial charge in [-0.2, -0.15) is 0 Å². The molecule has 0 atom stereocenters. The molecule has 364 valence electrons. The number of benzene rings is 5. The minimum absolute atomic E-state index is 0.0574. The van der Waals surface area contributed by atoms with E-state index in [1.807, 2.05) is 13.8 Å². The number of nitrogens with zero attached hydrogens (tertiary/aromatic N) is 1. The number of nitrogens with one attached hydrogen (secondary N) is 4. The zero-order valence-electron chi connectivity index (χ0n) is 40.3. The van der Waals surface area contributed by atoms with E-state index in [0.29, 0.717) is 5.69 Å². The number of rotatable bonds is 20. The fourth-order valence-corrected chi connectivity index (χ4v) is 6.51. The molecule has 69 heavy (non-hydrogen) atoms. The van der Waals surface area contributed by atoms with Crippen LogP contribution in [0.15, 0.2) is 91.0 Å². The summed E-state index contributed by atoms with van der Waals surface area (Å²) in [5, 5.41) is 22.9. The third-order valence-electron chi connectivity index (χ3n) is 9.36. The molecule has 4 N–H and O–H groups in total. The van der Waals surface area contributed by atoms with Gasteiger partial charge in [0.05, 0.1) is 70.9 Å². The van der Waals surface area contributed by atoms with Gasteiger partial charge < -0.3 is 49.7 Å². The van der Waals surface area contributed by atoms with E-state index in [4.69, 9.17) is 28.4 Å². The van der Waals surface area contributed by atoms with Crippen LogP contribution in [0.3, 0.4) is 0 Å². The van der Waals surface area contributed by atoms with Crippen LogP contribution in [-0.2, 0) is 4.74 Å². The smallest absolute Gasteiger partial charge is 0.337 e. The van der Waals surface area contributed by atoms with E-state index >= 15 is 0 Å². The first-order valence-corrected chi connectivity index (χ1v) is 22.1. The molecule has 0 aliphatic carbocycles. The lowest BCUT2D eigenvalue weighted by Crippen LogP contribution is -2.19. The van der Waals surface area contributed by atoms with Gasteiger partial charge in [0.1, 0.15) is 23.0 Å². The molecule has 0 unspecified atom stereocenters. The van der Waals surface area contributed by atoms with Crippen molar-refractivity contribution in [3.63, 3.8) is 0 Å². The maximum atomic E-state index is 13.8. The van der Waals surface area contributed by atoms with Crippen LogP contribution in [0, 0.1) is 10.1 Å². The molecule has 0 aliphatic rings. The molecule has 0 saturated heterocycles. The molecular formula is C51H57N5O13. The summed E-state index contributed by atoms with van der Waals surface area (Å²) in [5.74, 6) is -1.95. The fraction of sp³-hybridized carbons (Fsp3) is 0.314. The van der Waals surface area contributed by atoms with Gasteiger partial charge >= 0.3 is 11.7 Å². The Bertz CT molecular complexity index is 2730. The molecule has 5 aromatic carbocycles. The number of methoxy groups -OCH3 is 1. The van der Waals surface area contributed by atoms with Gasteiger partial charge in [-0.05, 0) is 148 Å². The first-order valence-electron chi connectivity index (χ1n) is 22.1. The van der Waals surface area contributed by atoms with E-state index < -0.39 is 34.5 Å². The average Bonchev–Trinajstić information content (AvgIpc) is 3.27. The molecule has 18 nitrogen and oxygen atoms in total. The summed E-state index contributed by atoms with van der Waals surface area (Å²) in [6.45, 7) is 17.8. The first kappa shape index (κ1) is 51.8. The molecule has 0 heterocycles. The number of nitro groups is 1. The van der Waals surface area contributed by atoms with Gasteiger partial charge in [-0.15, -0.1) is 0 Å². The maximum absolute atomic E-state index is 13.8. The van der Waals surface area contributed by atoms with Crippen molar-refractivity contribution < 1.29 is 57.3 Å². The second-order valence-electron chi connectivity index (χ2n) is 16.9. The van der Waals surface area contributed by atoms with Crippen molar-refractivity contribution >= 4 is 58.0 Å². The summed E-state index contributed by atoms with van der Waals surface area (Å²) in [5.41, 5.74) is 1.71. The topological polar surface area (TPSA) is 232 Å². The average molecular weight is 948 g/mol. The standard InChI is InChI=1S/C51H57N5O13/c1-27(2)65-42-22-32(47(57)53-38-18-13-34(24-43(38)66-28(3)4)49(59)55-40-20-15-36(51(61)64-11)26-45(40)68-30(7)8)12-17-37(42)52-48(58)33-14-19-39(44(23-33)67-29(5)6)54-50(60)35-16-21-41(56(62)63)46(25-35)69-31(9)10/h12-31H,1-11H3,(H,52,58)(H,53,57)(H,54,60)(H,55,59). The second kappa shape index (κ2) is 23.0. The van der Waals surface area contributed by atoms with Crippen molar-refractivity contribution in [3.05, 3.63) is 129 Å². The van der Waals surface area contributed by atoms with E-state index in [-0.39, 0.29) is 110 Å². The van der Waals surface area contributed by atoms with Gasteiger partial charge in [0.2, 0.25) is 0 Å². The highest BCUT2D eigenvalue weighted by molar-refractivity contribution is 6.10. The van der Waals surface area contributed by atoms with Gasteiger partial charge in [0, 0.05) is 34.4 Å². The number of hydrogen-bond donors (Lipinski definition) is 4. The molecule has 0 aliphatic heterocycles. The van der Waals surface area contributed by atoms with Gasteiger partial charge in [0.15, 0.2) is 5.75 Å². The number of hydrogen-bond acceptors (Lipinski definition) is 13. The number of carbonyl (C=O) groups is 5. The number of carbonyl (C=O) groups excluding carboxylic acids is 5. The quantitative estimate of drug-likeness (QED) is 0.0323. The minimum Gasteiger partial charge on any atom is -0.489 e. The first-order chi connectivity index (χ1) is 32.6. The molecule has 5 aromatic rings. The minimum atomic E-state index is -0.596. The normalized spacial score (nSPS) is 11.0. The fourth-order valence-electron chi connectivity index (χ4n) is 6.51. The molecule has 0 radical (unpaired) electrons. The summed E-state index contributed by atoms with van der Waals surface area (Å²) >= 11 is 0. The number of nitro benzene ring substituents is 1. The summed E-state index contributed by atoms with van der Waals surface area (Å²) in [4.78, 5) is 77.8. The van der Waals surface area contributed by atoms with Gasteiger partial charge in [-0.25, -0.2) is 4.79 Å². The van der Waals surface area contributed by atoms with Crippen molar-refractivity contribution in [3.8, 4) is 28.7 Å². The van der Waals surface area contributed by atoms with E-state index in [1.165, 1.54) is 86.0 Å². The molecule has 0 aromatic heterocycles. The predicted octanol–water partition coefficient (Wildman–Crippen LogP) is 10.3.